The molecule has 0 saturated carbocycles. The molecular weight excluding hydrogens is 372 g/mol. The van der Waals surface area contributed by atoms with Crippen molar-refractivity contribution in [3.8, 4) is 11.5 Å². The number of morpholine rings is 1. The number of methoxy groups -OCH3 is 2. The zero-order valence-corrected chi connectivity index (χ0v) is 17.1. The molecule has 4 rings (SSSR count). The minimum atomic E-state index is -0.0783. The lowest BCUT2D eigenvalue weighted by Crippen LogP contribution is -2.39. The van der Waals surface area contributed by atoms with Gasteiger partial charge in [0.15, 0.2) is 11.5 Å². The summed E-state index contributed by atoms with van der Waals surface area (Å²) in [6.07, 6.45) is 0.766. The molecule has 2 aliphatic heterocycles. The second-order valence-electron chi connectivity index (χ2n) is 7.25. The van der Waals surface area contributed by atoms with Crippen molar-refractivity contribution in [2.45, 2.75) is 19.9 Å². The standard InChI is InChI=1S/C21H26N4O4/c1-14-10-17(23-21(22-14)24-6-8-29-9-7-24)20(26)25-5-4-15-11-18(27-2)19(28-3)12-16(15)13-25/h10-12H,4-9,13H2,1-3H3. The normalized spacial score (nSPS) is 16.4. The van der Waals surface area contributed by atoms with Gasteiger partial charge in [0.05, 0.1) is 27.4 Å². The summed E-state index contributed by atoms with van der Waals surface area (Å²) in [7, 11) is 3.25. The van der Waals surface area contributed by atoms with Gasteiger partial charge in [0, 0.05) is 31.9 Å². The summed E-state index contributed by atoms with van der Waals surface area (Å²) in [5.74, 6) is 1.91. The predicted octanol–water partition coefficient (Wildman–Crippen LogP) is 1.84. The first-order chi connectivity index (χ1) is 14.1. The molecule has 29 heavy (non-hydrogen) atoms. The molecule has 154 valence electrons. The molecule has 8 heteroatoms. The van der Waals surface area contributed by atoms with Crippen molar-refractivity contribution in [1.29, 1.82) is 0 Å². The quantitative estimate of drug-likeness (QED) is 0.778. The lowest BCUT2D eigenvalue weighted by molar-refractivity contribution is 0.0728. The number of ether oxygens (including phenoxy) is 3. The maximum absolute atomic E-state index is 13.2. The van der Waals surface area contributed by atoms with E-state index in [1.165, 1.54) is 5.56 Å². The molecule has 0 atom stereocenters. The van der Waals surface area contributed by atoms with Crippen LogP contribution in [0.3, 0.4) is 0 Å². The van der Waals surface area contributed by atoms with Crippen LogP contribution in [-0.4, -0.2) is 67.8 Å². The van der Waals surface area contributed by atoms with Crippen LogP contribution in [0.15, 0.2) is 18.2 Å². The van der Waals surface area contributed by atoms with Gasteiger partial charge in [-0.3, -0.25) is 4.79 Å². The van der Waals surface area contributed by atoms with Gasteiger partial charge in [-0.05, 0) is 42.7 Å². The first kappa shape index (κ1) is 19.4. The van der Waals surface area contributed by atoms with Crippen molar-refractivity contribution in [3.63, 3.8) is 0 Å². The number of rotatable bonds is 4. The molecule has 0 N–H and O–H groups in total. The Kier molecular flexibility index (Phi) is 5.53. The first-order valence-corrected chi connectivity index (χ1v) is 9.80. The third-order valence-electron chi connectivity index (χ3n) is 5.36. The van der Waals surface area contributed by atoms with Gasteiger partial charge in [-0.1, -0.05) is 0 Å². The Balaban J connectivity index is 1.57. The fourth-order valence-corrected chi connectivity index (χ4v) is 3.79. The molecule has 1 amide bonds. The number of aromatic nitrogens is 2. The van der Waals surface area contributed by atoms with Crippen LogP contribution < -0.4 is 14.4 Å². The van der Waals surface area contributed by atoms with Gasteiger partial charge in [0.2, 0.25) is 5.95 Å². The highest BCUT2D eigenvalue weighted by molar-refractivity contribution is 5.93. The van der Waals surface area contributed by atoms with E-state index in [0.717, 1.165) is 30.8 Å². The van der Waals surface area contributed by atoms with Gasteiger partial charge in [-0.2, -0.15) is 0 Å². The smallest absolute Gasteiger partial charge is 0.272 e. The number of benzene rings is 1. The second kappa shape index (κ2) is 8.24. The second-order valence-corrected chi connectivity index (χ2v) is 7.25. The molecule has 8 nitrogen and oxygen atoms in total. The highest BCUT2D eigenvalue weighted by Crippen LogP contribution is 2.33. The monoisotopic (exact) mass is 398 g/mol. The average molecular weight is 398 g/mol. The lowest BCUT2D eigenvalue weighted by Gasteiger charge is -2.30. The Morgan fingerprint density at radius 2 is 1.69 bits per heavy atom. The SMILES string of the molecule is COc1cc2c(cc1OC)CN(C(=O)c1cc(C)nc(N3CCOCC3)n1)CC2. The van der Waals surface area contributed by atoms with E-state index in [0.29, 0.717) is 49.4 Å². The molecule has 1 aromatic heterocycles. The Hall–Kier alpha value is -2.87. The Labute approximate surface area is 170 Å². The van der Waals surface area contributed by atoms with E-state index in [2.05, 4.69) is 14.9 Å². The van der Waals surface area contributed by atoms with Crippen molar-refractivity contribution in [1.82, 2.24) is 14.9 Å². The van der Waals surface area contributed by atoms with E-state index in [1.807, 2.05) is 24.0 Å². The zero-order chi connectivity index (χ0) is 20.4. The fraction of sp³-hybridized carbons (Fsp3) is 0.476. The van der Waals surface area contributed by atoms with Crippen LogP contribution in [0.2, 0.25) is 0 Å². The highest BCUT2D eigenvalue weighted by atomic mass is 16.5. The minimum Gasteiger partial charge on any atom is -0.493 e. The first-order valence-electron chi connectivity index (χ1n) is 9.80. The molecule has 0 aliphatic carbocycles. The van der Waals surface area contributed by atoms with Crippen LogP contribution in [0.5, 0.6) is 11.5 Å². The molecule has 2 aromatic rings. The third-order valence-corrected chi connectivity index (χ3v) is 5.36. The molecule has 1 aromatic carbocycles. The number of anilines is 1. The number of hydrogen-bond donors (Lipinski definition) is 0. The molecular formula is C21H26N4O4. The van der Waals surface area contributed by atoms with Crippen molar-refractivity contribution < 1.29 is 19.0 Å². The van der Waals surface area contributed by atoms with Gasteiger partial charge in [-0.25, -0.2) is 9.97 Å². The molecule has 0 unspecified atom stereocenters. The highest BCUT2D eigenvalue weighted by Gasteiger charge is 2.26. The lowest BCUT2D eigenvalue weighted by atomic mass is 9.98. The number of hydrogen-bond acceptors (Lipinski definition) is 7. The van der Waals surface area contributed by atoms with Gasteiger partial charge < -0.3 is 24.0 Å². The number of fused-ring (bicyclic) bond motifs is 1. The molecule has 2 aliphatic rings. The Morgan fingerprint density at radius 1 is 1.00 bits per heavy atom. The number of aryl methyl sites for hydroxylation is 1. The van der Waals surface area contributed by atoms with E-state index in [1.54, 1.807) is 20.3 Å². The van der Waals surface area contributed by atoms with Crippen molar-refractivity contribution in [2.75, 3.05) is 52.0 Å². The van der Waals surface area contributed by atoms with Gasteiger partial charge in [0.1, 0.15) is 5.69 Å². The van der Waals surface area contributed by atoms with Crippen LogP contribution in [0.4, 0.5) is 5.95 Å². The fourth-order valence-electron chi connectivity index (χ4n) is 3.79. The Bertz CT molecular complexity index is 912. The van der Waals surface area contributed by atoms with E-state index in [-0.39, 0.29) is 5.91 Å². The van der Waals surface area contributed by atoms with E-state index >= 15 is 0 Å². The molecule has 0 radical (unpaired) electrons. The molecule has 1 fully saturated rings. The number of amides is 1. The van der Waals surface area contributed by atoms with Crippen LogP contribution in [-0.2, 0) is 17.7 Å². The van der Waals surface area contributed by atoms with Gasteiger partial charge >= 0.3 is 0 Å². The topological polar surface area (TPSA) is 77.0 Å². The van der Waals surface area contributed by atoms with Crippen molar-refractivity contribution in [2.24, 2.45) is 0 Å². The summed E-state index contributed by atoms with van der Waals surface area (Å²) < 4.78 is 16.2. The average Bonchev–Trinajstić information content (AvgIpc) is 2.77. The summed E-state index contributed by atoms with van der Waals surface area (Å²) in [6, 6.07) is 5.72. The van der Waals surface area contributed by atoms with Crippen LogP contribution in [0.25, 0.3) is 0 Å². The summed E-state index contributed by atoms with van der Waals surface area (Å²) >= 11 is 0. The van der Waals surface area contributed by atoms with Crippen LogP contribution in [0.1, 0.15) is 27.3 Å². The van der Waals surface area contributed by atoms with Gasteiger partial charge in [-0.15, -0.1) is 0 Å². The van der Waals surface area contributed by atoms with Gasteiger partial charge in [0.25, 0.3) is 5.91 Å². The maximum Gasteiger partial charge on any atom is 0.272 e. The largest absolute Gasteiger partial charge is 0.493 e. The van der Waals surface area contributed by atoms with Crippen LogP contribution in [0, 0.1) is 6.92 Å². The van der Waals surface area contributed by atoms with E-state index in [9.17, 15) is 4.79 Å². The minimum absolute atomic E-state index is 0.0783. The number of carbonyl (C=O) groups is 1. The third kappa shape index (κ3) is 3.98. The Morgan fingerprint density at radius 3 is 2.38 bits per heavy atom. The molecule has 3 heterocycles. The molecule has 1 saturated heterocycles. The van der Waals surface area contributed by atoms with E-state index in [4.69, 9.17) is 14.2 Å². The zero-order valence-electron chi connectivity index (χ0n) is 17.1. The summed E-state index contributed by atoms with van der Waals surface area (Å²) in [6.45, 7) is 5.81. The number of nitrogens with zero attached hydrogens (tertiary/aromatic N) is 4. The molecule has 0 spiro atoms. The van der Waals surface area contributed by atoms with Crippen molar-refractivity contribution >= 4 is 11.9 Å². The molecule has 0 bridgehead atoms. The predicted molar refractivity (Wildman–Crippen MR) is 108 cm³/mol. The number of carbonyl (C=O) groups excluding carboxylic acids is 1. The van der Waals surface area contributed by atoms with E-state index < -0.39 is 0 Å². The van der Waals surface area contributed by atoms with Crippen molar-refractivity contribution in [3.05, 3.63) is 40.7 Å². The summed E-state index contributed by atoms with van der Waals surface area (Å²) in [5, 5.41) is 0. The van der Waals surface area contributed by atoms with Crippen LogP contribution >= 0.6 is 0 Å². The summed E-state index contributed by atoms with van der Waals surface area (Å²) in [4.78, 5) is 26.2. The maximum atomic E-state index is 13.2. The summed E-state index contributed by atoms with van der Waals surface area (Å²) in [5.41, 5.74) is 3.47.